The Morgan fingerprint density at radius 2 is 2.00 bits per heavy atom. The van der Waals surface area contributed by atoms with E-state index in [1.54, 1.807) is 6.92 Å². The van der Waals surface area contributed by atoms with Crippen LogP contribution >= 0.6 is 11.6 Å². The Hall–Kier alpha value is -0.770. The van der Waals surface area contributed by atoms with Crippen molar-refractivity contribution in [1.29, 1.82) is 0 Å². The van der Waals surface area contributed by atoms with E-state index >= 15 is 0 Å². The minimum absolute atomic E-state index is 0.129. The SMILES string of the molecule is CCCNC(C)c1cc(Cl)ccc1OCC(C)(O)C(C)C. The summed E-state index contributed by atoms with van der Waals surface area (Å²) < 4.78 is 5.87. The van der Waals surface area contributed by atoms with Gasteiger partial charge in [0.05, 0.1) is 5.60 Å². The highest BCUT2D eigenvalue weighted by Crippen LogP contribution is 2.29. The van der Waals surface area contributed by atoms with Crippen LogP contribution in [-0.4, -0.2) is 23.9 Å². The number of halogens is 1. The molecule has 0 aliphatic carbocycles. The van der Waals surface area contributed by atoms with E-state index in [9.17, 15) is 5.11 Å². The van der Waals surface area contributed by atoms with Crippen molar-refractivity contribution in [3.05, 3.63) is 28.8 Å². The largest absolute Gasteiger partial charge is 0.490 e. The predicted molar refractivity (Wildman–Crippen MR) is 89.1 cm³/mol. The van der Waals surface area contributed by atoms with E-state index in [0.29, 0.717) is 5.02 Å². The first-order valence-corrected chi connectivity index (χ1v) is 8.03. The molecular weight excluding hydrogens is 286 g/mol. The van der Waals surface area contributed by atoms with E-state index in [1.165, 1.54) is 0 Å². The van der Waals surface area contributed by atoms with Gasteiger partial charge in [-0.2, -0.15) is 0 Å². The van der Waals surface area contributed by atoms with Gasteiger partial charge in [0.25, 0.3) is 0 Å². The predicted octanol–water partition coefficient (Wildman–Crippen LogP) is 4.19. The molecule has 2 N–H and O–H groups in total. The molecule has 0 heterocycles. The quantitative estimate of drug-likeness (QED) is 0.756. The van der Waals surface area contributed by atoms with Crippen LogP contribution in [0.5, 0.6) is 5.75 Å². The molecule has 0 saturated heterocycles. The summed E-state index contributed by atoms with van der Waals surface area (Å²) in [5.74, 6) is 0.903. The third-order valence-corrected chi connectivity index (χ3v) is 4.14. The highest BCUT2D eigenvalue weighted by atomic mass is 35.5. The van der Waals surface area contributed by atoms with E-state index in [0.717, 1.165) is 24.3 Å². The third kappa shape index (κ3) is 5.50. The van der Waals surface area contributed by atoms with Crippen molar-refractivity contribution in [2.45, 2.75) is 52.7 Å². The van der Waals surface area contributed by atoms with E-state index in [1.807, 2.05) is 32.0 Å². The lowest BCUT2D eigenvalue weighted by Gasteiger charge is -2.28. The number of aliphatic hydroxyl groups is 1. The molecule has 3 nitrogen and oxygen atoms in total. The van der Waals surface area contributed by atoms with Crippen molar-refractivity contribution in [3.8, 4) is 5.75 Å². The molecule has 1 aromatic carbocycles. The fourth-order valence-electron chi connectivity index (χ4n) is 1.85. The maximum atomic E-state index is 10.3. The normalized spacial score (nSPS) is 15.8. The Labute approximate surface area is 133 Å². The van der Waals surface area contributed by atoms with Gasteiger partial charge in [-0.25, -0.2) is 0 Å². The molecule has 4 heteroatoms. The Kier molecular flexibility index (Phi) is 6.98. The Morgan fingerprint density at radius 1 is 1.33 bits per heavy atom. The fraction of sp³-hybridized carbons (Fsp3) is 0.647. The van der Waals surface area contributed by atoms with Gasteiger partial charge in [0.2, 0.25) is 0 Å². The van der Waals surface area contributed by atoms with Crippen LogP contribution in [0.15, 0.2) is 18.2 Å². The van der Waals surface area contributed by atoms with Gasteiger partial charge in [-0.15, -0.1) is 0 Å². The monoisotopic (exact) mass is 313 g/mol. The number of hydrogen-bond acceptors (Lipinski definition) is 3. The van der Waals surface area contributed by atoms with E-state index in [-0.39, 0.29) is 18.6 Å². The van der Waals surface area contributed by atoms with Crippen LogP contribution in [-0.2, 0) is 0 Å². The molecule has 2 atom stereocenters. The summed E-state index contributed by atoms with van der Waals surface area (Å²) in [6.45, 7) is 11.2. The lowest BCUT2D eigenvalue weighted by molar-refractivity contribution is -0.0269. The lowest BCUT2D eigenvalue weighted by Crippen LogP contribution is -2.38. The smallest absolute Gasteiger partial charge is 0.124 e. The molecule has 0 saturated carbocycles. The topological polar surface area (TPSA) is 41.5 Å². The Morgan fingerprint density at radius 3 is 2.57 bits per heavy atom. The molecule has 0 fully saturated rings. The molecule has 0 spiro atoms. The summed E-state index contributed by atoms with van der Waals surface area (Å²) in [6, 6.07) is 5.77. The van der Waals surface area contributed by atoms with Crippen molar-refractivity contribution in [2.75, 3.05) is 13.2 Å². The maximum Gasteiger partial charge on any atom is 0.124 e. The molecular formula is C17H28ClNO2. The van der Waals surface area contributed by atoms with E-state index in [4.69, 9.17) is 16.3 Å². The van der Waals surface area contributed by atoms with Gasteiger partial charge in [-0.1, -0.05) is 32.4 Å². The molecule has 0 bridgehead atoms. The summed E-state index contributed by atoms with van der Waals surface area (Å²) in [5.41, 5.74) is 0.173. The zero-order valence-corrected chi connectivity index (χ0v) is 14.5. The Balaban J connectivity index is 2.86. The number of ether oxygens (including phenoxy) is 1. The highest BCUT2D eigenvalue weighted by Gasteiger charge is 2.26. The standard InChI is InChI=1S/C17H28ClNO2/c1-6-9-19-13(4)15-10-14(18)7-8-16(15)21-11-17(5,20)12(2)3/h7-8,10,12-13,19-20H,6,9,11H2,1-5H3. The first-order chi connectivity index (χ1) is 9.77. The van der Waals surface area contributed by atoms with Crippen molar-refractivity contribution >= 4 is 11.6 Å². The number of hydrogen-bond donors (Lipinski definition) is 2. The average Bonchev–Trinajstić information content (AvgIpc) is 2.43. The van der Waals surface area contributed by atoms with Gasteiger partial charge in [0, 0.05) is 16.6 Å². The maximum absolute atomic E-state index is 10.3. The first kappa shape index (κ1) is 18.3. The molecule has 0 radical (unpaired) electrons. The molecule has 1 aromatic rings. The van der Waals surface area contributed by atoms with Crippen LogP contribution in [0, 0.1) is 5.92 Å². The number of rotatable bonds is 8. The second-order valence-electron chi connectivity index (χ2n) is 6.16. The van der Waals surface area contributed by atoms with E-state index in [2.05, 4.69) is 19.2 Å². The van der Waals surface area contributed by atoms with Gasteiger partial charge >= 0.3 is 0 Å². The second kappa shape index (κ2) is 8.02. The van der Waals surface area contributed by atoms with Crippen LogP contribution in [0.2, 0.25) is 5.02 Å². The zero-order valence-electron chi connectivity index (χ0n) is 13.7. The number of benzene rings is 1. The van der Waals surface area contributed by atoms with Crippen LogP contribution in [0.4, 0.5) is 0 Å². The molecule has 2 unspecified atom stereocenters. The van der Waals surface area contributed by atoms with Crippen molar-refractivity contribution in [3.63, 3.8) is 0 Å². The minimum Gasteiger partial charge on any atom is -0.490 e. The second-order valence-corrected chi connectivity index (χ2v) is 6.59. The van der Waals surface area contributed by atoms with Gasteiger partial charge in [0.1, 0.15) is 12.4 Å². The molecule has 0 aliphatic rings. The van der Waals surface area contributed by atoms with Crippen molar-refractivity contribution in [1.82, 2.24) is 5.32 Å². The third-order valence-electron chi connectivity index (χ3n) is 3.90. The molecule has 21 heavy (non-hydrogen) atoms. The van der Waals surface area contributed by atoms with Crippen molar-refractivity contribution < 1.29 is 9.84 Å². The number of nitrogens with one attached hydrogen (secondary N) is 1. The minimum atomic E-state index is -0.850. The van der Waals surface area contributed by atoms with Crippen LogP contribution in [0.1, 0.15) is 52.6 Å². The summed E-state index contributed by atoms with van der Waals surface area (Å²) in [7, 11) is 0. The molecule has 1 rings (SSSR count). The van der Waals surface area contributed by atoms with Crippen LogP contribution in [0.3, 0.4) is 0 Å². The van der Waals surface area contributed by atoms with Crippen LogP contribution < -0.4 is 10.1 Å². The van der Waals surface area contributed by atoms with Gasteiger partial charge in [0.15, 0.2) is 0 Å². The zero-order chi connectivity index (χ0) is 16.0. The van der Waals surface area contributed by atoms with Gasteiger partial charge < -0.3 is 15.2 Å². The average molecular weight is 314 g/mol. The summed E-state index contributed by atoms with van der Waals surface area (Å²) in [4.78, 5) is 0. The molecule has 0 aromatic heterocycles. The highest BCUT2D eigenvalue weighted by molar-refractivity contribution is 6.30. The van der Waals surface area contributed by atoms with Crippen molar-refractivity contribution in [2.24, 2.45) is 5.92 Å². The van der Waals surface area contributed by atoms with Gasteiger partial charge in [-0.3, -0.25) is 0 Å². The molecule has 0 aliphatic heterocycles. The molecule has 0 amide bonds. The lowest BCUT2D eigenvalue weighted by atomic mass is 9.93. The molecule has 120 valence electrons. The summed E-state index contributed by atoms with van der Waals surface area (Å²) in [5, 5.41) is 14.4. The first-order valence-electron chi connectivity index (χ1n) is 7.66. The van der Waals surface area contributed by atoms with E-state index < -0.39 is 5.60 Å². The summed E-state index contributed by atoms with van der Waals surface area (Å²) >= 11 is 6.10. The summed E-state index contributed by atoms with van der Waals surface area (Å²) in [6.07, 6.45) is 1.07. The van der Waals surface area contributed by atoms with Crippen LogP contribution in [0.25, 0.3) is 0 Å². The van der Waals surface area contributed by atoms with Gasteiger partial charge in [-0.05, 0) is 50.9 Å². The fourth-order valence-corrected chi connectivity index (χ4v) is 2.03. The Bertz CT molecular complexity index is 446.